The number of Topliss-reactive ketones (excluding diaryl/α,β-unsaturated/α-hetero) is 1. The summed E-state index contributed by atoms with van der Waals surface area (Å²) in [5.74, 6) is -0.925. The van der Waals surface area contributed by atoms with Crippen LogP contribution in [0.25, 0.3) is 0 Å². The van der Waals surface area contributed by atoms with Crippen molar-refractivity contribution in [3.05, 3.63) is 0 Å². The number of carboxylic acid groups (broad SMARTS) is 1. The van der Waals surface area contributed by atoms with Crippen molar-refractivity contribution in [3.8, 4) is 0 Å². The molecule has 0 saturated carbocycles. The predicted octanol–water partition coefficient (Wildman–Crippen LogP) is -0.0181. The lowest BCUT2D eigenvalue weighted by Gasteiger charge is -2.11. The van der Waals surface area contributed by atoms with E-state index >= 15 is 0 Å². The summed E-state index contributed by atoms with van der Waals surface area (Å²) in [5, 5.41) is 8.65. The van der Waals surface area contributed by atoms with Gasteiger partial charge in [0.1, 0.15) is 5.78 Å². The van der Waals surface area contributed by atoms with Crippen molar-refractivity contribution in [2.75, 3.05) is 19.6 Å². The molecule has 1 aliphatic heterocycles. The SMILES string of the molecule is CC(=O)CN1CCC(C(=O)O)C1. The highest BCUT2D eigenvalue weighted by Gasteiger charge is 2.27. The normalized spacial score (nSPS) is 24.2. The molecule has 1 saturated heterocycles. The van der Waals surface area contributed by atoms with Gasteiger partial charge >= 0.3 is 5.97 Å². The number of carboxylic acids is 1. The van der Waals surface area contributed by atoms with Crippen LogP contribution >= 0.6 is 0 Å². The first-order chi connectivity index (χ1) is 5.59. The van der Waals surface area contributed by atoms with E-state index in [-0.39, 0.29) is 11.7 Å². The molecule has 0 bridgehead atoms. The van der Waals surface area contributed by atoms with E-state index in [9.17, 15) is 9.59 Å². The second-order valence-electron chi connectivity index (χ2n) is 3.26. The van der Waals surface area contributed by atoms with Crippen LogP contribution in [-0.2, 0) is 9.59 Å². The minimum Gasteiger partial charge on any atom is -0.481 e. The highest BCUT2D eigenvalue weighted by Crippen LogP contribution is 2.15. The maximum Gasteiger partial charge on any atom is 0.307 e. The fourth-order valence-electron chi connectivity index (χ4n) is 1.49. The van der Waals surface area contributed by atoms with Gasteiger partial charge in [0.2, 0.25) is 0 Å². The minimum absolute atomic E-state index is 0.0982. The molecule has 0 aromatic rings. The maximum atomic E-state index is 10.7. The van der Waals surface area contributed by atoms with E-state index in [1.807, 2.05) is 4.90 Å². The third-order valence-electron chi connectivity index (χ3n) is 2.07. The molecule has 0 aromatic heterocycles. The van der Waals surface area contributed by atoms with Crippen LogP contribution in [0.1, 0.15) is 13.3 Å². The van der Waals surface area contributed by atoms with Gasteiger partial charge in [0.05, 0.1) is 12.5 Å². The Balaban J connectivity index is 2.35. The Kier molecular flexibility index (Phi) is 2.81. The predicted molar refractivity (Wildman–Crippen MR) is 42.9 cm³/mol. The van der Waals surface area contributed by atoms with Gasteiger partial charge in [0, 0.05) is 6.54 Å². The highest BCUT2D eigenvalue weighted by atomic mass is 16.4. The lowest BCUT2D eigenvalue weighted by molar-refractivity contribution is -0.141. The summed E-state index contributed by atoms with van der Waals surface area (Å²) in [6, 6.07) is 0. The van der Waals surface area contributed by atoms with Gasteiger partial charge in [-0.15, -0.1) is 0 Å². The summed E-state index contributed by atoms with van der Waals surface area (Å²) in [7, 11) is 0. The van der Waals surface area contributed by atoms with Gasteiger partial charge < -0.3 is 5.11 Å². The summed E-state index contributed by atoms with van der Waals surface area (Å²) in [6.07, 6.45) is 0.669. The second-order valence-corrected chi connectivity index (χ2v) is 3.26. The van der Waals surface area contributed by atoms with Crippen LogP contribution in [0.15, 0.2) is 0 Å². The first-order valence-electron chi connectivity index (χ1n) is 4.04. The van der Waals surface area contributed by atoms with Gasteiger partial charge in [0.25, 0.3) is 0 Å². The van der Waals surface area contributed by atoms with E-state index in [1.54, 1.807) is 0 Å². The molecule has 1 N–H and O–H groups in total. The van der Waals surface area contributed by atoms with Crippen LogP contribution in [0.3, 0.4) is 0 Å². The molecule has 1 aliphatic rings. The Morgan fingerprint density at radius 1 is 1.58 bits per heavy atom. The molecule has 0 spiro atoms. The lowest BCUT2D eigenvalue weighted by atomic mass is 10.1. The first kappa shape index (κ1) is 9.19. The smallest absolute Gasteiger partial charge is 0.307 e. The summed E-state index contributed by atoms with van der Waals surface area (Å²) in [6.45, 7) is 3.17. The number of nitrogens with zero attached hydrogens (tertiary/aromatic N) is 1. The summed E-state index contributed by atoms with van der Waals surface area (Å²) >= 11 is 0. The van der Waals surface area contributed by atoms with Crippen molar-refractivity contribution < 1.29 is 14.7 Å². The lowest BCUT2D eigenvalue weighted by Crippen LogP contribution is -2.27. The Morgan fingerprint density at radius 3 is 2.67 bits per heavy atom. The topological polar surface area (TPSA) is 57.6 Å². The number of hydrogen-bond acceptors (Lipinski definition) is 3. The van der Waals surface area contributed by atoms with Crippen molar-refractivity contribution in [2.45, 2.75) is 13.3 Å². The number of rotatable bonds is 3. The molecular weight excluding hydrogens is 158 g/mol. The van der Waals surface area contributed by atoms with Crippen LogP contribution < -0.4 is 0 Å². The number of likely N-dealkylation sites (tertiary alicyclic amines) is 1. The fourth-order valence-corrected chi connectivity index (χ4v) is 1.49. The van der Waals surface area contributed by atoms with Crippen LogP contribution in [0.4, 0.5) is 0 Å². The van der Waals surface area contributed by atoms with E-state index in [1.165, 1.54) is 6.92 Å². The number of ketones is 1. The molecule has 1 unspecified atom stereocenters. The molecule has 0 aliphatic carbocycles. The molecular formula is C8H13NO3. The summed E-state index contributed by atoms with van der Waals surface area (Å²) in [4.78, 5) is 23.1. The zero-order chi connectivity index (χ0) is 9.14. The molecule has 0 radical (unpaired) electrons. The van der Waals surface area contributed by atoms with Gasteiger partial charge in [-0.2, -0.15) is 0 Å². The van der Waals surface area contributed by atoms with Gasteiger partial charge in [-0.25, -0.2) is 0 Å². The summed E-state index contributed by atoms with van der Waals surface area (Å²) in [5.41, 5.74) is 0. The third-order valence-corrected chi connectivity index (χ3v) is 2.07. The van der Waals surface area contributed by atoms with Gasteiger partial charge in [-0.3, -0.25) is 14.5 Å². The van der Waals surface area contributed by atoms with E-state index in [2.05, 4.69) is 0 Å². The average Bonchev–Trinajstić information content (AvgIpc) is 2.34. The van der Waals surface area contributed by atoms with Crippen molar-refractivity contribution in [1.29, 1.82) is 0 Å². The second kappa shape index (κ2) is 3.67. The molecule has 1 heterocycles. The highest BCUT2D eigenvalue weighted by molar-refractivity contribution is 5.78. The molecule has 0 amide bonds. The average molecular weight is 171 g/mol. The Morgan fingerprint density at radius 2 is 2.25 bits per heavy atom. The van der Waals surface area contributed by atoms with E-state index in [0.717, 1.165) is 6.54 Å². The number of aliphatic carboxylic acids is 1. The molecule has 1 fully saturated rings. The molecule has 4 nitrogen and oxygen atoms in total. The minimum atomic E-state index is -0.749. The zero-order valence-electron chi connectivity index (χ0n) is 7.12. The Labute approximate surface area is 71.2 Å². The Bertz CT molecular complexity index is 202. The monoisotopic (exact) mass is 171 g/mol. The van der Waals surface area contributed by atoms with E-state index in [0.29, 0.717) is 19.5 Å². The first-order valence-corrected chi connectivity index (χ1v) is 4.04. The maximum absolute atomic E-state index is 10.7. The largest absolute Gasteiger partial charge is 0.481 e. The van der Waals surface area contributed by atoms with Crippen molar-refractivity contribution in [1.82, 2.24) is 4.90 Å². The van der Waals surface area contributed by atoms with Crippen LogP contribution in [0.5, 0.6) is 0 Å². The van der Waals surface area contributed by atoms with Gasteiger partial charge in [0.15, 0.2) is 0 Å². The molecule has 4 heteroatoms. The van der Waals surface area contributed by atoms with Gasteiger partial charge in [-0.05, 0) is 19.9 Å². The van der Waals surface area contributed by atoms with Crippen LogP contribution in [0, 0.1) is 5.92 Å². The molecule has 1 atom stereocenters. The van der Waals surface area contributed by atoms with Crippen molar-refractivity contribution in [2.24, 2.45) is 5.92 Å². The Hall–Kier alpha value is -0.900. The van der Waals surface area contributed by atoms with E-state index < -0.39 is 5.97 Å². The van der Waals surface area contributed by atoms with Crippen molar-refractivity contribution >= 4 is 11.8 Å². The van der Waals surface area contributed by atoms with Crippen molar-refractivity contribution in [3.63, 3.8) is 0 Å². The molecule has 0 aromatic carbocycles. The van der Waals surface area contributed by atoms with Gasteiger partial charge in [-0.1, -0.05) is 0 Å². The number of carbonyl (C=O) groups is 2. The van der Waals surface area contributed by atoms with Crippen LogP contribution in [0.2, 0.25) is 0 Å². The zero-order valence-corrected chi connectivity index (χ0v) is 7.12. The quantitative estimate of drug-likeness (QED) is 0.648. The summed E-state index contributed by atoms with van der Waals surface area (Å²) < 4.78 is 0. The molecule has 12 heavy (non-hydrogen) atoms. The molecule has 68 valence electrons. The molecule has 1 rings (SSSR count). The van der Waals surface area contributed by atoms with Crippen LogP contribution in [-0.4, -0.2) is 41.4 Å². The number of carbonyl (C=O) groups excluding carboxylic acids is 1. The van der Waals surface area contributed by atoms with E-state index in [4.69, 9.17) is 5.11 Å². The fraction of sp³-hybridized carbons (Fsp3) is 0.750. The standard InChI is InChI=1S/C8H13NO3/c1-6(10)4-9-3-2-7(5-9)8(11)12/h7H,2-5H2,1H3,(H,11,12). The third kappa shape index (κ3) is 2.30. The number of hydrogen-bond donors (Lipinski definition) is 1.